The van der Waals surface area contributed by atoms with E-state index in [4.69, 9.17) is 0 Å². The zero-order valence-electron chi connectivity index (χ0n) is 13.1. The second kappa shape index (κ2) is 6.76. The number of nitrogens with zero attached hydrogens (tertiary/aromatic N) is 2. The summed E-state index contributed by atoms with van der Waals surface area (Å²) in [7, 11) is 0. The van der Waals surface area contributed by atoms with E-state index in [0.29, 0.717) is 5.56 Å². The summed E-state index contributed by atoms with van der Waals surface area (Å²) in [5.41, 5.74) is 4.13. The summed E-state index contributed by atoms with van der Waals surface area (Å²) in [6.45, 7) is 8.62. The molecule has 1 aromatic heterocycles. The minimum absolute atomic E-state index is 0.191. The van der Waals surface area contributed by atoms with Gasteiger partial charge in [0.15, 0.2) is 0 Å². The number of hydrogen-bond acceptors (Lipinski definition) is 3. The van der Waals surface area contributed by atoms with Gasteiger partial charge < -0.3 is 5.32 Å². The lowest BCUT2D eigenvalue weighted by Gasteiger charge is -2.21. The molecule has 4 heteroatoms. The number of rotatable bonds is 5. The largest absolute Gasteiger partial charge is 0.305 e. The Bertz CT molecular complexity index is 585. The molecule has 0 amide bonds. The summed E-state index contributed by atoms with van der Waals surface area (Å²) in [5.74, 6) is -0.191. The van der Waals surface area contributed by atoms with E-state index in [0.717, 1.165) is 35.5 Å². The van der Waals surface area contributed by atoms with E-state index in [1.165, 1.54) is 0 Å². The molecule has 0 aliphatic heterocycles. The summed E-state index contributed by atoms with van der Waals surface area (Å²) < 4.78 is 14.5. The van der Waals surface area contributed by atoms with Gasteiger partial charge in [0.1, 0.15) is 5.82 Å². The Labute approximate surface area is 125 Å². The maximum Gasteiger partial charge on any atom is 0.128 e. The van der Waals surface area contributed by atoms with Crippen molar-refractivity contribution in [1.29, 1.82) is 0 Å². The summed E-state index contributed by atoms with van der Waals surface area (Å²) >= 11 is 0. The van der Waals surface area contributed by atoms with Crippen LogP contribution in [-0.2, 0) is 0 Å². The molecule has 0 saturated heterocycles. The molecule has 0 aliphatic carbocycles. The highest BCUT2D eigenvalue weighted by molar-refractivity contribution is 5.38. The van der Waals surface area contributed by atoms with E-state index in [-0.39, 0.29) is 11.9 Å². The Morgan fingerprint density at radius 2 is 1.90 bits per heavy atom. The van der Waals surface area contributed by atoms with Gasteiger partial charge in [-0.25, -0.2) is 4.39 Å². The van der Waals surface area contributed by atoms with E-state index in [2.05, 4.69) is 22.2 Å². The van der Waals surface area contributed by atoms with E-state index >= 15 is 0 Å². The molecule has 112 valence electrons. The second-order valence-corrected chi connectivity index (χ2v) is 5.45. The first-order valence-electron chi connectivity index (χ1n) is 7.31. The van der Waals surface area contributed by atoms with Crippen molar-refractivity contribution in [2.24, 2.45) is 0 Å². The van der Waals surface area contributed by atoms with Crippen molar-refractivity contribution in [3.63, 3.8) is 0 Å². The molecule has 1 atom stereocenters. The van der Waals surface area contributed by atoms with Crippen LogP contribution in [0.3, 0.4) is 0 Å². The molecule has 0 spiro atoms. The third-order valence-corrected chi connectivity index (χ3v) is 3.46. The first kappa shape index (κ1) is 15.6. The van der Waals surface area contributed by atoms with Crippen molar-refractivity contribution >= 4 is 0 Å². The van der Waals surface area contributed by atoms with Crippen LogP contribution in [-0.4, -0.2) is 16.5 Å². The van der Waals surface area contributed by atoms with Gasteiger partial charge in [0, 0.05) is 11.8 Å². The normalized spacial score (nSPS) is 12.4. The van der Waals surface area contributed by atoms with Gasteiger partial charge >= 0.3 is 0 Å². The van der Waals surface area contributed by atoms with Gasteiger partial charge in [-0.05, 0) is 50.9 Å². The van der Waals surface area contributed by atoms with Crippen LogP contribution in [0.15, 0.2) is 24.5 Å². The maximum atomic E-state index is 14.5. The van der Waals surface area contributed by atoms with Crippen LogP contribution in [0.25, 0.3) is 0 Å². The van der Waals surface area contributed by atoms with Gasteiger partial charge in [-0.1, -0.05) is 13.0 Å². The highest BCUT2D eigenvalue weighted by Gasteiger charge is 2.21. The number of halogens is 1. The Kier molecular flexibility index (Phi) is 5.02. The fourth-order valence-electron chi connectivity index (χ4n) is 2.49. The molecule has 0 saturated carbocycles. The average molecular weight is 287 g/mol. The third-order valence-electron chi connectivity index (χ3n) is 3.46. The average Bonchev–Trinajstić information content (AvgIpc) is 2.42. The molecule has 0 bridgehead atoms. The van der Waals surface area contributed by atoms with E-state index in [1.807, 2.05) is 26.8 Å². The SMILES string of the molecule is CCCNC(c1cnc(C)cn1)c1c(C)cc(C)cc1F. The summed E-state index contributed by atoms with van der Waals surface area (Å²) in [6.07, 6.45) is 4.42. The van der Waals surface area contributed by atoms with Crippen LogP contribution >= 0.6 is 0 Å². The molecule has 1 unspecified atom stereocenters. The minimum atomic E-state index is -0.265. The van der Waals surface area contributed by atoms with Crippen molar-refractivity contribution < 1.29 is 4.39 Å². The molecule has 1 aromatic carbocycles. The predicted octanol–water partition coefficient (Wildman–Crippen LogP) is 3.63. The molecule has 0 aliphatic rings. The fourth-order valence-corrected chi connectivity index (χ4v) is 2.49. The second-order valence-electron chi connectivity index (χ2n) is 5.45. The predicted molar refractivity (Wildman–Crippen MR) is 82.8 cm³/mol. The molecule has 1 N–H and O–H groups in total. The summed E-state index contributed by atoms with van der Waals surface area (Å²) in [4.78, 5) is 8.71. The first-order chi connectivity index (χ1) is 10.0. The molecule has 21 heavy (non-hydrogen) atoms. The van der Waals surface area contributed by atoms with Crippen LogP contribution in [0.1, 0.15) is 47.5 Å². The Balaban J connectivity index is 2.47. The lowest BCUT2D eigenvalue weighted by atomic mass is 9.96. The molecule has 3 nitrogen and oxygen atoms in total. The molecule has 2 rings (SSSR count). The quantitative estimate of drug-likeness (QED) is 0.912. The number of benzene rings is 1. The molecule has 2 aromatic rings. The van der Waals surface area contributed by atoms with Crippen LogP contribution in [0.5, 0.6) is 0 Å². The molecular formula is C17H22FN3. The van der Waals surface area contributed by atoms with E-state index in [9.17, 15) is 4.39 Å². The van der Waals surface area contributed by atoms with Crippen molar-refractivity contribution in [1.82, 2.24) is 15.3 Å². The van der Waals surface area contributed by atoms with Crippen LogP contribution in [0, 0.1) is 26.6 Å². The van der Waals surface area contributed by atoms with Gasteiger partial charge in [0.05, 0.1) is 23.6 Å². The fraction of sp³-hybridized carbons (Fsp3) is 0.412. The molecule has 0 fully saturated rings. The van der Waals surface area contributed by atoms with Crippen molar-refractivity contribution in [2.45, 2.75) is 40.2 Å². The lowest BCUT2D eigenvalue weighted by Crippen LogP contribution is -2.26. The highest BCUT2D eigenvalue weighted by Crippen LogP contribution is 2.27. The number of aryl methyl sites for hydroxylation is 3. The standard InChI is InChI=1S/C17H22FN3/c1-5-6-19-17(15-10-20-13(4)9-21-15)16-12(3)7-11(2)8-14(16)18/h7-10,17,19H,5-6H2,1-4H3. The Hall–Kier alpha value is -1.81. The first-order valence-corrected chi connectivity index (χ1v) is 7.31. The van der Waals surface area contributed by atoms with Gasteiger partial charge in [0.2, 0.25) is 0 Å². The molecular weight excluding hydrogens is 265 g/mol. The van der Waals surface area contributed by atoms with Crippen LogP contribution < -0.4 is 5.32 Å². The molecule has 0 radical (unpaired) electrons. The van der Waals surface area contributed by atoms with Crippen LogP contribution in [0.2, 0.25) is 0 Å². The third kappa shape index (κ3) is 3.64. The zero-order chi connectivity index (χ0) is 15.4. The van der Waals surface area contributed by atoms with Crippen molar-refractivity contribution in [2.75, 3.05) is 6.54 Å². The minimum Gasteiger partial charge on any atom is -0.305 e. The van der Waals surface area contributed by atoms with Crippen molar-refractivity contribution in [3.8, 4) is 0 Å². The maximum absolute atomic E-state index is 14.5. The summed E-state index contributed by atoms with van der Waals surface area (Å²) in [6, 6.07) is 3.31. The van der Waals surface area contributed by atoms with E-state index < -0.39 is 0 Å². The van der Waals surface area contributed by atoms with Gasteiger partial charge in [-0.2, -0.15) is 0 Å². The molecule has 1 heterocycles. The monoisotopic (exact) mass is 287 g/mol. The van der Waals surface area contributed by atoms with Gasteiger partial charge in [-0.15, -0.1) is 0 Å². The Morgan fingerprint density at radius 3 is 2.48 bits per heavy atom. The lowest BCUT2D eigenvalue weighted by molar-refractivity contribution is 0.534. The van der Waals surface area contributed by atoms with Crippen LogP contribution in [0.4, 0.5) is 4.39 Å². The van der Waals surface area contributed by atoms with Gasteiger partial charge in [-0.3, -0.25) is 9.97 Å². The van der Waals surface area contributed by atoms with Gasteiger partial charge in [0.25, 0.3) is 0 Å². The Morgan fingerprint density at radius 1 is 1.14 bits per heavy atom. The number of hydrogen-bond donors (Lipinski definition) is 1. The van der Waals surface area contributed by atoms with Crippen molar-refractivity contribution in [3.05, 3.63) is 58.4 Å². The summed E-state index contributed by atoms with van der Waals surface area (Å²) in [5, 5.41) is 3.38. The topological polar surface area (TPSA) is 37.8 Å². The van der Waals surface area contributed by atoms with E-state index in [1.54, 1.807) is 18.5 Å². The number of nitrogens with one attached hydrogen (secondary N) is 1. The number of aromatic nitrogens is 2. The zero-order valence-corrected chi connectivity index (χ0v) is 13.1. The smallest absolute Gasteiger partial charge is 0.128 e. The highest BCUT2D eigenvalue weighted by atomic mass is 19.1.